The highest BCUT2D eigenvalue weighted by Crippen LogP contribution is 2.48. The Morgan fingerprint density at radius 3 is 2.46 bits per heavy atom. The van der Waals surface area contributed by atoms with Crippen LogP contribution in [0, 0.1) is 5.82 Å². The molecule has 1 aliphatic rings. The standard InChI is InChI=1S/C20H23FN2O3/c1-25-17-8-7-14(11-18(17)26-2)12-22-19(24)23-13-20(9-10-20)15-5-3-4-6-16(15)21/h3-8,11H,9-10,12-13H2,1-2H3,(H2,22,23,24). The number of amides is 2. The summed E-state index contributed by atoms with van der Waals surface area (Å²) in [6.07, 6.45) is 1.76. The van der Waals surface area contributed by atoms with Crippen molar-refractivity contribution >= 4 is 6.03 Å². The van der Waals surface area contributed by atoms with Crippen molar-refractivity contribution in [3.8, 4) is 11.5 Å². The molecule has 0 heterocycles. The van der Waals surface area contributed by atoms with Crippen molar-refractivity contribution < 1.29 is 18.7 Å². The van der Waals surface area contributed by atoms with Crippen LogP contribution in [0.1, 0.15) is 24.0 Å². The summed E-state index contributed by atoms with van der Waals surface area (Å²) in [6.45, 7) is 0.782. The van der Waals surface area contributed by atoms with Gasteiger partial charge in [0.25, 0.3) is 0 Å². The van der Waals surface area contributed by atoms with Gasteiger partial charge in [-0.2, -0.15) is 0 Å². The van der Waals surface area contributed by atoms with Crippen molar-refractivity contribution in [1.29, 1.82) is 0 Å². The van der Waals surface area contributed by atoms with Crippen LogP contribution in [0.4, 0.5) is 9.18 Å². The number of benzene rings is 2. The number of carbonyl (C=O) groups is 1. The summed E-state index contributed by atoms with van der Waals surface area (Å²) < 4.78 is 24.5. The molecule has 2 amide bonds. The molecule has 1 aliphatic carbocycles. The largest absolute Gasteiger partial charge is 0.493 e. The molecule has 2 N–H and O–H groups in total. The van der Waals surface area contributed by atoms with E-state index in [1.165, 1.54) is 6.07 Å². The topological polar surface area (TPSA) is 59.6 Å². The van der Waals surface area contributed by atoms with Crippen LogP contribution in [0.2, 0.25) is 0 Å². The van der Waals surface area contributed by atoms with Crippen LogP contribution in [-0.4, -0.2) is 26.8 Å². The maximum Gasteiger partial charge on any atom is 0.315 e. The van der Waals surface area contributed by atoms with Crippen molar-refractivity contribution in [3.05, 3.63) is 59.4 Å². The minimum Gasteiger partial charge on any atom is -0.493 e. The second kappa shape index (κ2) is 7.64. The first kappa shape index (κ1) is 18.0. The highest BCUT2D eigenvalue weighted by atomic mass is 19.1. The highest BCUT2D eigenvalue weighted by molar-refractivity contribution is 5.74. The lowest BCUT2D eigenvalue weighted by molar-refractivity contribution is 0.239. The van der Waals surface area contributed by atoms with Gasteiger partial charge in [0, 0.05) is 18.5 Å². The highest BCUT2D eigenvalue weighted by Gasteiger charge is 2.45. The maximum atomic E-state index is 14.0. The van der Waals surface area contributed by atoms with Gasteiger partial charge in [-0.15, -0.1) is 0 Å². The van der Waals surface area contributed by atoms with Gasteiger partial charge in [-0.3, -0.25) is 0 Å². The molecular weight excluding hydrogens is 335 g/mol. The Hall–Kier alpha value is -2.76. The van der Waals surface area contributed by atoms with Gasteiger partial charge < -0.3 is 20.1 Å². The summed E-state index contributed by atoms with van der Waals surface area (Å²) in [5.74, 6) is 1.04. The molecule has 0 bridgehead atoms. The van der Waals surface area contributed by atoms with E-state index in [4.69, 9.17) is 9.47 Å². The molecule has 1 fully saturated rings. The molecule has 1 saturated carbocycles. The number of hydrogen-bond donors (Lipinski definition) is 2. The lowest BCUT2D eigenvalue weighted by atomic mass is 9.95. The molecular formula is C20H23FN2O3. The number of rotatable bonds is 7. The third-order valence-electron chi connectivity index (χ3n) is 4.79. The smallest absolute Gasteiger partial charge is 0.315 e. The zero-order chi connectivity index (χ0) is 18.6. The van der Waals surface area contributed by atoms with Gasteiger partial charge in [-0.05, 0) is 42.2 Å². The van der Waals surface area contributed by atoms with Gasteiger partial charge >= 0.3 is 6.03 Å². The van der Waals surface area contributed by atoms with Gasteiger partial charge in [-0.1, -0.05) is 24.3 Å². The van der Waals surface area contributed by atoms with E-state index < -0.39 is 0 Å². The Morgan fingerprint density at radius 1 is 1.08 bits per heavy atom. The lowest BCUT2D eigenvalue weighted by Crippen LogP contribution is -2.39. The van der Waals surface area contributed by atoms with Crippen LogP contribution < -0.4 is 20.1 Å². The monoisotopic (exact) mass is 358 g/mol. The SMILES string of the molecule is COc1ccc(CNC(=O)NCC2(c3ccccc3F)CC2)cc1OC. The molecule has 5 nitrogen and oxygen atoms in total. The quantitative estimate of drug-likeness (QED) is 0.798. The second-order valence-corrected chi connectivity index (χ2v) is 6.49. The van der Waals surface area contributed by atoms with Crippen molar-refractivity contribution in [2.24, 2.45) is 0 Å². The predicted molar refractivity (Wildman–Crippen MR) is 97.1 cm³/mol. The van der Waals surface area contributed by atoms with E-state index in [9.17, 15) is 9.18 Å². The third kappa shape index (κ3) is 3.90. The van der Waals surface area contributed by atoms with Gasteiger partial charge in [0.1, 0.15) is 5.82 Å². The van der Waals surface area contributed by atoms with E-state index in [-0.39, 0.29) is 17.3 Å². The first-order valence-electron chi connectivity index (χ1n) is 8.55. The molecule has 0 aliphatic heterocycles. The molecule has 2 aromatic rings. The number of methoxy groups -OCH3 is 2. The molecule has 6 heteroatoms. The Bertz CT molecular complexity index is 790. The molecule has 0 atom stereocenters. The molecule has 0 saturated heterocycles. The fraction of sp³-hybridized carbons (Fsp3) is 0.350. The Labute approximate surface area is 152 Å². The van der Waals surface area contributed by atoms with E-state index in [0.717, 1.165) is 18.4 Å². The fourth-order valence-electron chi connectivity index (χ4n) is 3.07. The molecule has 26 heavy (non-hydrogen) atoms. The van der Waals surface area contributed by atoms with E-state index in [1.54, 1.807) is 32.4 Å². The Morgan fingerprint density at radius 2 is 1.81 bits per heavy atom. The molecule has 0 radical (unpaired) electrons. The van der Waals surface area contributed by atoms with Crippen LogP contribution in [-0.2, 0) is 12.0 Å². The third-order valence-corrected chi connectivity index (χ3v) is 4.79. The number of ether oxygens (including phenoxy) is 2. The summed E-state index contributed by atoms with van der Waals surface area (Å²) in [4.78, 5) is 12.1. The Balaban J connectivity index is 1.53. The fourth-order valence-corrected chi connectivity index (χ4v) is 3.07. The van der Waals surface area contributed by atoms with Crippen molar-refractivity contribution in [2.75, 3.05) is 20.8 Å². The summed E-state index contributed by atoms with van der Waals surface area (Å²) >= 11 is 0. The molecule has 138 valence electrons. The van der Waals surface area contributed by atoms with Crippen LogP contribution in [0.15, 0.2) is 42.5 Å². The summed E-state index contributed by atoms with van der Waals surface area (Å²) in [5, 5.41) is 5.67. The lowest BCUT2D eigenvalue weighted by Gasteiger charge is -2.18. The van der Waals surface area contributed by atoms with Gasteiger partial charge in [-0.25, -0.2) is 9.18 Å². The minimum absolute atomic E-state index is 0.211. The van der Waals surface area contributed by atoms with Crippen LogP contribution >= 0.6 is 0 Å². The normalized spacial score (nSPS) is 14.4. The minimum atomic E-state index is -0.276. The first-order valence-corrected chi connectivity index (χ1v) is 8.55. The van der Waals surface area contributed by atoms with Crippen molar-refractivity contribution in [3.63, 3.8) is 0 Å². The molecule has 0 aromatic heterocycles. The van der Waals surface area contributed by atoms with Crippen molar-refractivity contribution in [1.82, 2.24) is 10.6 Å². The number of urea groups is 1. The first-order chi connectivity index (χ1) is 12.6. The van der Waals surface area contributed by atoms with E-state index in [2.05, 4.69) is 10.6 Å². The molecule has 0 spiro atoms. The van der Waals surface area contributed by atoms with Gasteiger partial charge in [0.15, 0.2) is 11.5 Å². The number of carbonyl (C=O) groups excluding carboxylic acids is 1. The average Bonchev–Trinajstić information content (AvgIpc) is 3.45. The van der Waals surface area contributed by atoms with E-state index in [1.807, 2.05) is 18.2 Å². The second-order valence-electron chi connectivity index (χ2n) is 6.49. The average molecular weight is 358 g/mol. The molecule has 3 rings (SSSR count). The molecule has 2 aromatic carbocycles. The van der Waals surface area contributed by atoms with E-state index >= 15 is 0 Å². The number of nitrogens with one attached hydrogen (secondary N) is 2. The summed E-state index contributed by atoms with van der Waals surface area (Å²) in [5.41, 5.74) is 1.31. The van der Waals surface area contributed by atoms with Crippen LogP contribution in [0.25, 0.3) is 0 Å². The summed E-state index contributed by atoms with van der Waals surface area (Å²) in [7, 11) is 3.14. The zero-order valence-electron chi connectivity index (χ0n) is 15.0. The maximum absolute atomic E-state index is 14.0. The van der Waals surface area contributed by atoms with Crippen molar-refractivity contribution in [2.45, 2.75) is 24.8 Å². The Kier molecular flexibility index (Phi) is 5.30. The summed E-state index contributed by atoms with van der Waals surface area (Å²) in [6, 6.07) is 12.0. The molecule has 0 unspecified atom stereocenters. The predicted octanol–water partition coefficient (Wildman–Crippen LogP) is 3.37. The van der Waals surface area contributed by atoms with Crippen LogP contribution in [0.3, 0.4) is 0 Å². The van der Waals surface area contributed by atoms with Gasteiger partial charge in [0.2, 0.25) is 0 Å². The van der Waals surface area contributed by atoms with Crippen LogP contribution in [0.5, 0.6) is 11.5 Å². The van der Waals surface area contributed by atoms with E-state index in [0.29, 0.717) is 30.2 Å². The zero-order valence-corrected chi connectivity index (χ0v) is 15.0. The number of halogens is 1. The number of hydrogen-bond acceptors (Lipinski definition) is 3. The van der Waals surface area contributed by atoms with Gasteiger partial charge in [0.05, 0.1) is 14.2 Å².